The fourth-order valence-electron chi connectivity index (χ4n) is 1.10. The van der Waals surface area contributed by atoms with E-state index in [1.54, 1.807) is 6.92 Å². The van der Waals surface area contributed by atoms with Gasteiger partial charge in [0.05, 0.1) is 0 Å². The number of aliphatic imine (C=N–C) groups is 2. The van der Waals surface area contributed by atoms with Gasteiger partial charge in [-0.3, -0.25) is 9.59 Å². The Morgan fingerprint density at radius 3 is 2.94 bits per heavy atom. The summed E-state index contributed by atoms with van der Waals surface area (Å²) in [6, 6.07) is 1.45. The maximum atomic E-state index is 11.5. The molecule has 0 spiro atoms. The highest BCUT2D eigenvalue weighted by molar-refractivity contribution is 6.47. The molecule has 1 aliphatic heterocycles. The lowest BCUT2D eigenvalue weighted by Crippen LogP contribution is -2.14. The SMILES string of the molecule is Cc1cc(C(=O)N=C2C=CC=NC2=O)no1. The van der Waals surface area contributed by atoms with Crippen molar-refractivity contribution in [3.05, 3.63) is 29.7 Å². The highest BCUT2D eigenvalue weighted by atomic mass is 16.5. The monoisotopic (exact) mass is 217 g/mol. The zero-order chi connectivity index (χ0) is 11.5. The summed E-state index contributed by atoms with van der Waals surface area (Å²) in [4.78, 5) is 29.8. The fourth-order valence-corrected chi connectivity index (χ4v) is 1.10. The average Bonchev–Trinajstić information content (AvgIpc) is 2.68. The molecular weight excluding hydrogens is 210 g/mol. The Bertz CT molecular complexity index is 537. The third-order valence-electron chi connectivity index (χ3n) is 1.82. The molecule has 0 aromatic carbocycles. The minimum Gasteiger partial charge on any atom is -0.361 e. The summed E-state index contributed by atoms with van der Waals surface area (Å²) < 4.78 is 4.73. The number of carbonyl (C=O) groups is 2. The minimum atomic E-state index is -0.623. The van der Waals surface area contributed by atoms with Crippen LogP contribution in [-0.2, 0) is 4.79 Å². The first-order valence-electron chi connectivity index (χ1n) is 4.48. The van der Waals surface area contributed by atoms with Crippen LogP contribution in [0.2, 0.25) is 0 Å². The van der Waals surface area contributed by atoms with Gasteiger partial charge < -0.3 is 4.52 Å². The van der Waals surface area contributed by atoms with E-state index in [1.165, 1.54) is 24.4 Å². The van der Waals surface area contributed by atoms with Crippen LogP contribution < -0.4 is 0 Å². The summed E-state index contributed by atoms with van der Waals surface area (Å²) in [5, 5.41) is 3.50. The Kier molecular flexibility index (Phi) is 2.55. The van der Waals surface area contributed by atoms with Crippen LogP contribution in [-0.4, -0.2) is 28.9 Å². The molecule has 1 aliphatic rings. The summed E-state index contributed by atoms with van der Waals surface area (Å²) in [6.45, 7) is 1.66. The number of carbonyl (C=O) groups excluding carboxylic acids is 2. The molecule has 0 saturated heterocycles. The van der Waals surface area contributed by atoms with E-state index in [-0.39, 0.29) is 11.4 Å². The van der Waals surface area contributed by atoms with Gasteiger partial charge in [0.1, 0.15) is 11.5 Å². The smallest absolute Gasteiger partial charge is 0.299 e. The van der Waals surface area contributed by atoms with Crippen molar-refractivity contribution < 1.29 is 14.1 Å². The molecular formula is C10H7N3O3. The third-order valence-corrected chi connectivity index (χ3v) is 1.82. The maximum absolute atomic E-state index is 11.5. The van der Waals surface area contributed by atoms with E-state index in [0.29, 0.717) is 5.76 Å². The number of aromatic nitrogens is 1. The van der Waals surface area contributed by atoms with Crippen molar-refractivity contribution in [3.8, 4) is 0 Å². The van der Waals surface area contributed by atoms with Gasteiger partial charge in [0.25, 0.3) is 11.8 Å². The van der Waals surface area contributed by atoms with Gasteiger partial charge >= 0.3 is 0 Å². The number of allylic oxidation sites excluding steroid dienone is 1. The van der Waals surface area contributed by atoms with E-state index in [9.17, 15) is 9.59 Å². The van der Waals surface area contributed by atoms with Crippen molar-refractivity contribution >= 4 is 23.7 Å². The van der Waals surface area contributed by atoms with E-state index >= 15 is 0 Å². The Hall–Kier alpha value is -2.37. The molecule has 0 bridgehead atoms. The Morgan fingerprint density at radius 2 is 2.31 bits per heavy atom. The largest absolute Gasteiger partial charge is 0.361 e. The number of nitrogens with zero attached hydrogens (tertiary/aromatic N) is 3. The van der Waals surface area contributed by atoms with Crippen LogP contribution in [0.15, 0.2) is 32.7 Å². The van der Waals surface area contributed by atoms with Crippen LogP contribution >= 0.6 is 0 Å². The third kappa shape index (κ3) is 2.00. The molecule has 6 nitrogen and oxygen atoms in total. The molecule has 2 amide bonds. The lowest BCUT2D eigenvalue weighted by molar-refractivity contribution is -0.111. The minimum absolute atomic E-state index is 0.00634. The van der Waals surface area contributed by atoms with E-state index < -0.39 is 11.8 Å². The van der Waals surface area contributed by atoms with Crippen molar-refractivity contribution in [2.75, 3.05) is 0 Å². The summed E-state index contributed by atoms with van der Waals surface area (Å²) in [6.07, 6.45) is 4.29. The van der Waals surface area contributed by atoms with Crippen LogP contribution in [0.1, 0.15) is 16.2 Å². The number of hydrogen-bond donors (Lipinski definition) is 0. The average molecular weight is 217 g/mol. The second kappa shape index (κ2) is 4.01. The van der Waals surface area contributed by atoms with Gasteiger partial charge in [0.2, 0.25) is 0 Å². The van der Waals surface area contributed by atoms with Gasteiger partial charge in [-0.05, 0) is 19.1 Å². The summed E-state index contributed by atoms with van der Waals surface area (Å²) in [5.74, 6) is -0.662. The van der Waals surface area contributed by atoms with Crippen molar-refractivity contribution in [2.45, 2.75) is 6.92 Å². The van der Waals surface area contributed by atoms with Crippen LogP contribution in [0.3, 0.4) is 0 Å². The van der Waals surface area contributed by atoms with E-state index in [4.69, 9.17) is 4.52 Å². The van der Waals surface area contributed by atoms with E-state index in [2.05, 4.69) is 15.1 Å². The number of rotatable bonds is 1. The predicted octanol–water partition coefficient (Wildman–Crippen LogP) is 0.731. The number of hydrogen-bond acceptors (Lipinski definition) is 4. The first kappa shape index (κ1) is 10.2. The number of dihydropyridines is 1. The zero-order valence-electron chi connectivity index (χ0n) is 8.38. The van der Waals surface area contributed by atoms with E-state index in [0.717, 1.165) is 0 Å². The topological polar surface area (TPSA) is 84.9 Å². The second-order valence-electron chi connectivity index (χ2n) is 3.07. The molecule has 1 aromatic heterocycles. The van der Waals surface area contributed by atoms with Gasteiger partial charge in [-0.15, -0.1) is 0 Å². The number of aryl methyl sites for hydroxylation is 1. The first-order valence-corrected chi connectivity index (χ1v) is 4.48. The maximum Gasteiger partial charge on any atom is 0.299 e. The molecule has 0 aliphatic carbocycles. The first-order chi connectivity index (χ1) is 7.66. The fraction of sp³-hybridized carbons (Fsp3) is 0.100. The standard InChI is InChI=1S/C10H7N3O3/c1-6-5-8(13-16-6)10(15)12-7-3-2-4-11-9(7)14/h2-5H,1H3. The molecule has 6 heteroatoms. The highest BCUT2D eigenvalue weighted by Gasteiger charge is 2.15. The van der Waals surface area contributed by atoms with Crippen LogP contribution in [0.25, 0.3) is 0 Å². The normalized spacial score (nSPS) is 17.1. The van der Waals surface area contributed by atoms with Gasteiger partial charge in [-0.1, -0.05) is 5.16 Å². The molecule has 0 saturated carbocycles. The summed E-state index contributed by atoms with van der Waals surface area (Å²) in [7, 11) is 0. The van der Waals surface area contributed by atoms with Gasteiger partial charge in [-0.2, -0.15) is 0 Å². The van der Waals surface area contributed by atoms with Crippen molar-refractivity contribution in [1.82, 2.24) is 5.16 Å². The van der Waals surface area contributed by atoms with E-state index in [1.807, 2.05) is 0 Å². The van der Waals surface area contributed by atoms with Crippen LogP contribution in [0.5, 0.6) is 0 Å². The Morgan fingerprint density at radius 1 is 1.50 bits per heavy atom. The van der Waals surface area contributed by atoms with Crippen molar-refractivity contribution in [1.29, 1.82) is 0 Å². The van der Waals surface area contributed by atoms with Gasteiger partial charge in [-0.25, -0.2) is 9.98 Å². The molecule has 0 unspecified atom stereocenters. The zero-order valence-corrected chi connectivity index (χ0v) is 8.38. The van der Waals surface area contributed by atoms with Gasteiger partial charge in [0, 0.05) is 12.3 Å². The highest BCUT2D eigenvalue weighted by Crippen LogP contribution is 2.04. The molecule has 80 valence electrons. The molecule has 0 fully saturated rings. The molecule has 1 aromatic rings. The summed E-state index contributed by atoms with van der Waals surface area (Å²) >= 11 is 0. The molecule has 0 atom stereocenters. The molecule has 2 rings (SSSR count). The van der Waals surface area contributed by atoms with Crippen molar-refractivity contribution in [3.63, 3.8) is 0 Å². The Labute approximate surface area is 90.4 Å². The van der Waals surface area contributed by atoms with Crippen molar-refractivity contribution in [2.24, 2.45) is 9.98 Å². The quantitative estimate of drug-likeness (QED) is 0.694. The lowest BCUT2D eigenvalue weighted by Gasteiger charge is -1.96. The van der Waals surface area contributed by atoms with Crippen LogP contribution in [0.4, 0.5) is 0 Å². The summed E-state index contributed by atoms with van der Waals surface area (Å²) in [5.41, 5.74) is 0.0638. The van der Waals surface area contributed by atoms with Gasteiger partial charge in [0.15, 0.2) is 5.69 Å². The molecule has 0 radical (unpaired) electrons. The lowest BCUT2D eigenvalue weighted by atomic mass is 10.2. The Balaban J connectivity index is 2.24. The number of amides is 2. The second-order valence-corrected chi connectivity index (χ2v) is 3.07. The molecule has 0 N–H and O–H groups in total. The van der Waals surface area contributed by atoms with Crippen LogP contribution in [0, 0.1) is 6.92 Å². The predicted molar refractivity (Wildman–Crippen MR) is 55.6 cm³/mol. The molecule has 2 heterocycles. The molecule has 16 heavy (non-hydrogen) atoms.